The lowest BCUT2D eigenvalue weighted by Gasteiger charge is -2.12. The van der Waals surface area contributed by atoms with Gasteiger partial charge >= 0.3 is 5.97 Å². The van der Waals surface area contributed by atoms with Crippen LogP contribution >= 0.6 is 15.9 Å². The van der Waals surface area contributed by atoms with Gasteiger partial charge in [0.1, 0.15) is 12.4 Å². The van der Waals surface area contributed by atoms with Crippen LogP contribution in [0.2, 0.25) is 0 Å². The minimum absolute atomic E-state index is 0.241. The quantitative estimate of drug-likeness (QED) is 0.924. The fourth-order valence-corrected chi connectivity index (χ4v) is 2.41. The molecule has 3 nitrogen and oxygen atoms in total. The van der Waals surface area contributed by atoms with Gasteiger partial charge in [0.2, 0.25) is 0 Å². The molecule has 0 aliphatic carbocycles. The van der Waals surface area contributed by atoms with Crippen LogP contribution in [-0.4, -0.2) is 11.1 Å². The van der Waals surface area contributed by atoms with E-state index in [4.69, 9.17) is 4.74 Å². The molecule has 2 rings (SSSR count). The molecule has 2 aromatic rings. The van der Waals surface area contributed by atoms with Crippen LogP contribution in [0.3, 0.4) is 0 Å². The van der Waals surface area contributed by atoms with Crippen molar-refractivity contribution in [1.82, 2.24) is 0 Å². The van der Waals surface area contributed by atoms with Gasteiger partial charge in [-0.15, -0.1) is 0 Å². The summed E-state index contributed by atoms with van der Waals surface area (Å²) in [5.41, 5.74) is 1.91. The van der Waals surface area contributed by atoms with E-state index >= 15 is 0 Å². The normalized spacial score (nSPS) is 10.2. The minimum atomic E-state index is -0.963. The Labute approximate surface area is 120 Å². The van der Waals surface area contributed by atoms with E-state index in [1.54, 1.807) is 19.1 Å². The highest BCUT2D eigenvalue weighted by atomic mass is 79.9. The smallest absolute Gasteiger partial charge is 0.337 e. The first kappa shape index (κ1) is 13.6. The first-order chi connectivity index (χ1) is 9.09. The molecule has 0 saturated heterocycles. The number of carboxylic acids is 1. The number of benzene rings is 2. The highest BCUT2D eigenvalue weighted by Crippen LogP contribution is 2.29. The number of hydrogen-bond acceptors (Lipinski definition) is 2. The molecule has 0 unspecified atom stereocenters. The van der Waals surface area contributed by atoms with Crippen LogP contribution < -0.4 is 4.74 Å². The van der Waals surface area contributed by atoms with Gasteiger partial charge in [0.15, 0.2) is 0 Å². The Balaban J connectivity index is 2.22. The van der Waals surface area contributed by atoms with E-state index in [0.29, 0.717) is 22.4 Å². The molecule has 0 atom stereocenters. The lowest BCUT2D eigenvalue weighted by molar-refractivity contribution is 0.0694. The fraction of sp³-hybridized carbons (Fsp3) is 0.133. The van der Waals surface area contributed by atoms with Crippen LogP contribution in [0.4, 0.5) is 0 Å². The van der Waals surface area contributed by atoms with Crippen LogP contribution in [-0.2, 0) is 6.61 Å². The van der Waals surface area contributed by atoms with Crippen molar-refractivity contribution in [2.75, 3.05) is 0 Å². The van der Waals surface area contributed by atoms with E-state index in [9.17, 15) is 9.90 Å². The van der Waals surface area contributed by atoms with Gasteiger partial charge in [-0.2, -0.15) is 0 Å². The molecule has 4 heteroatoms. The molecule has 19 heavy (non-hydrogen) atoms. The van der Waals surface area contributed by atoms with E-state index in [0.717, 1.165) is 5.56 Å². The Bertz CT molecular complexity index is 594. The Morgan fingerprint density at radius 2 is 1.89 bits per heavy atom. The van der Waals surface area contributed by atoms with Crippen LogP contribution in [0.1, 0.15) is 21.5 Å². The predicted octanol–water partition coefficient (Wildman–Crippen LogP) is 4.03. The number of carboxylic acid groups (broad SMARTS) is 1. The molecule has 0 radical (unpaired) electrons. The molecular formula is C15H13BrO3. The number of halogens is 1. The Morgan fingerprint density at radius 3 is 2.53 bits per heavy atom. The SMILES string of the molecule is Cc1c(OCc2ccccc2)ccc(Br)c1C(=O)O. The Morgan fingerprint density at radius 1 is 1.21 bits per heavy atom. The van der Waals surface area contributed by atoms with Gasteiger partial charge in [0.05, 0.1) is 5.56 Å². The van der Waals surface area contributed by atoms with Gasteiger partial charge in [-0.05, 0) is 40.5 Å². The first-order valence-electron chi connectivity index (χ1n) is 5.78. The zero-order chi connectivity index (χ0) is 13.8. The van der Waals surface area contributed by atoms with Crippen molar-refractivity contribution in [3.63, 3.8) is 0 Å². The highest BCUT2D eigenvalue weighted by Gasteiger charge is 2.15. The van der Waals surface area contributed by atoms with E-state index < -0.39 is 5.97 Å². The molecule has 1 N–H and O–H groups in total. The van der Waals surface area contributed by atoms with Crippen LogP contribution in [0.25, 0.3) is 0 Å². The van der Waals surface area contributed by atoms with Crippen molar-refractivity contribution in [2.24, 2.45) is 0 Å². The molecule has 0 bridgehead atoms. The highest BCUT2D eigenvalue weighted by molar-refractivity contribution is 9.10. The number of ether oxygens (including phenoxy) is 1. The number of hydrogen-bond donors (Lipinski definition) is 1. The summed E-state index contributed by atoms with van der Waals surface area (Å²) in [7, 11) is 0. The van der Waals surface area contributed by atoms with Crippen molar-refractivity contribution in [3.8, 4) is 5.75 Å². The first-order valence-corrected chi connectivity index (χ1v) is 6.58. The lowest BCUT2D eigenvalue weighted by Crippen LogP contribution is -2.04. The van der Waals surface area contributed by atoms with Gasteiger partial charge in [-0.1, -0.05) is 30.3 Å². The van der Waals surface area contributed by atoms with Crippen LogP contribution in [0.5, 0.6) is 5.75 Å². The topological polar surface area (TPSA) is 46.5 Å². The summed E-state index contributed by atoms with van der Waals surface area (Å²) in [4.78, 5) is 11.2. The molecule has 0 heterocycles. The number of aromatic carboxylic acids is 1. The minimum Gasteiger partial charge on any atom is -0.489 e. The predicted molar refractivity (Wildman–Crippen MR) is 76.6 cm³/mol. The third-order valence-electron chi connectivity index (χ3n) is 2.82. The van der Waals surface area contributed by atoms with Gasteiger partial charge in [-0.25, -0.2) is 4.79 Å². The summed E-state index contributed by atoms with van der Waals surface area (Å²) in [6, 6.07) is 13.2. The van der Waals surface area contributed by atoms with Crippen LogP contribution in [0, 0.1) is 6.92 Å². The zero-order valence-electron chi connectivity index (χ0n) is 10.4. The summed E-state index contributed by atoms with van der Waals surface area (Å²) in [6.07, 6.45) is 0. The van der Waals surface area contributed by atoms with E-state index in [1.165, 1.54) is 0 Å². The molecule has 2 aromatic carbocycles. The maximum absolute atomic E-state index is 11.2. The average molecular weight is 321 g/mol. The summed E-state index contributed by atoms with van der Waals surface area (Å²) in [5, 5.41) is 9.17. The molecule has 0 aliphatic heterocycles. The van der Waals surface area contributed by atoms with Crippen molar-refractivity contribution in [2.45, 2.75) is 13.5 Å². The molecule has 98 valence electrons. The molecule has 0 fully saturated rings. The molecular weight excluding hydrogens is 308 g/mol. The zero-order valence-corrected chi connectivity index (χ0v) is 12.0. The molecule has 0 amide bonds. The Kier molecular flexibility index (Phi) is 4.22. The largest absolute Gasteiger partial charge is 0.489 e. The van der Waals surface area contributed by atoms with E-state index in [1.807, 2.05) is 30.3 Å². The van der Waals surface area contributed by atoms with E-state index in [2.05, 4.69) is 15.9 Å². The Hall–Kier alpha value is -1.81. The van der Waals surface area contributed by atoms with Crippen LogP contribution in [0.15, 0.2) is 46.9 Å². The van der Waals surface area contributed by atoms with Gasteiger partial charge < -0.3 is 9.84 Å². The number of rotatable bonds is 4. The van der Waals surface area contributed by atoms with Gasteiger partial charge in [0.25, 0.3) is 0 Å². The second-order valence-electron chi connectivity index (χ2n) is 4.12. The third-order valence-corrected chi connectivity index (χ3v) is 3.48. The van der Waals surface area contributed by atoms with Gasteiger partial charge in [-0.3, -0.25) is 0 Å². The molecule has 0 aromatic heterocycles. The van der Waals surface area contributed by atoms with Crippen molar-refractivity contribution in [3.05, 3.63) is 63.6 Å². The van der Waals surface area contributed by atoms with Crippen molar-refractivity contribution in [1.29, 1.82) is 0 Å². The molecule has 0 saturated carbocycles. The summed E-state index contributed by atoms with van der Waals surface area (Å²) in [5.74, 6) is -0.376. The summed E-state index contributed by atoms with van der Waals surface area (Å²) in [6.45, 7) is 2.16. The molecule has 0 aliphatic rings. The standard InChI is InChI=1S/C15H13BrO3/c1-10-13(8-7-12(16)14(10)15(17)18)19-9-11-5-3-2-4-6-11/h2-8H,9H2,1H3,(H,17,18). The maximum atomic E-state index is 11.2. The average Bonchev–Trinajstić information content (AvgIpc) is 2.38. The fourth-order valence-electron chi connectivity index (χ4n) is 1.81. The van der Waals surface area contributed by atoms with Gasteiger partial charge in [0, 0.05) is 10.0 Å². The molecule has 0 spiro atoms. The summed E-state index contributed by atoms with van der Waals surface area (Å²) < 4.78 is 6.24. The third kappa shape index (κ3) is 3.15. The van der Waals surface area contributed by atoms with Crippen molar-refractivity contribution < 1.29 is 14.6 Å². The van der Waals surface area contributed by atoms with E-state index in [-0.39, 0.29) is 5.56 Å². The van der Waals surface area contributed by atoms with Crippen molar-refractivity contribution >= 4 is 21.9 Å². The maximum Gasteiger partial charge on any atom is 0.337 e. The monoisotopic (exact) mass is 320 g/mol. The second-order valence-corrected chi connectivity index (χ2v) is 4.98. The summed E-state index contributed by atoms with van der Waals surface area (Å²) >= 11 is 3.24. The second kappa shape index (κ2) is 5.89. The lowest BCUT2D eigenvalue weighted by atomic mass is 10.1. The number of carbonyl (C=O) groups is 1.